The minimum absolute atomic E-state index is 0.397. The monoisotopic (exact) mass is 355 g/mol. The van der Waals surface area contributed by atoms with Gasteiger partial charge >= 0.3 is 5.97 Å². The zero-order chi connectivity index (χ0) is 14.7. The lowest BCUT2D eigenvalue weighted by Gasteiger charge is -2.08. The fraction of sp³-hybridized carbons (Fsp3) is 0.143. The third-order valence-electron chi connectivity index (χ3n) is 2.70. The van der Waals surface area contributed by atoms with Crippen molar-refractivity contribution >= 4 is 33.5 Å². The SMILES string of the molecule is COC(=O)c1ccc(-c2ccc(OC)c(Br)n2)c(Cl)c1. The molecule has 1 heterocycles. The molecule has 104 valence electrons. The van der Waals surface area contributed by atoms with E-state index < -0.39 is 5.97 Å². The highest BCUT2D eigenvalue weighted by atomic mass is 79.9. The first-order valence-corrected chi connectivity index (χ1v) is 6.82. The smallest absolute Gasteiger partial charge is 0.337 e. The summed E-state index contributed by atoms with van der Waals surface area (Å²) in [6.45, 7) is 0. The second-order valence-electron chi connectivity index (χ2n) is 3.88. The molecule has 4 nitrogen and oxygen atoms in total. The predicted molar refractivity (Wildman–Crippen MR) is 80.3 cm³/mol. The number of carbonyl (C=O) groups is 1. The summed E-state index contributed by atoms with van der Waals surface area (Å²) in [7, 11) is 2.89. The average Bonchev–Trinajstić information content (AvgIpc) is 2.46. The zero-order valence-corrected chi connectivity index (χ0v) is 13.2. The minimum atomic E-state index is -0.428. The Labute approximate surface area is 129 Å². The van der Waals surface area contributed by atoms with Crippen LogP contribution in [0, 0.1) is 0 Å². The van der Waals surface area contributed by atoms with Gasteiger partial charge in [0.25, 0.3) is 0 Å². The van der Waals surface area contributed by atoms with E-state index in [1.807, 2.05) is 0 Å². The normalized spacial score (nSPS) is 10.2. The fourth-order valence-electron chi connectivity index (χ4n) is 1.69. The van der Waals surface area contributed by atoms with Gasteiger partial charge in [0.2, 0.25) is 0 Å². The first kappa shape index (κ1) is 14.8. The molecule has 0 unspecified atom stereocenters. The van der Waals surface area contributed by atoms with E-state index in [4.69, 9.17) is 16.3 Å². The van der Waals surface area contributed by atoms with Gasteiger partial charge < -0.3 is 9.47 Å². The summed E-state index contributed by atoms with van der Waals surface area (Å²) in [6.07, 6.45) is 0. The molecule has 1 aromatic heterocycles. The van der Waals surface area contributed by atoms with Gasteiger partial charge in [-0.15, -0.1) is 0 Å². The second-order valence-corrected chi connectivity index (χ2v) is 5.03. The Morgan fingerprint density at radius 3 is 2.55 bits per heavy atom. The molecule has 0 atom stereocenters. The molecule has 20 heavy (non-hydrogen) atoms. The highest BCUT2D eigenvalue weighted by molar-refractivity contribution is 9.10. The molecule has 6 heteroatoms. The number of aromatic nitrogens is 1. The lowest BCUT2D eigenvalue weighted by Crippen LogP contribution is -2.01. The zero-order valence-electron chi connectivity index (χ0n) is 10.8. The topological polar surface area (TPSA) is 48.4 Å². The number of rotatable bonds is 3. The molecule has 0 N–H and O–H groups in total. The molecule has 2 aromatic rings. The number of methoxy groups -OCH3 is 2. The van der Waals surface area contributed by atoms with Crippen LogP contribution in [0.1, 0.15) is 10.4 Å². The molecule has 0 saturated carbocycles. The molecular formula is C14H11BrClNO3. The highest BCUT2D eigenvalue weighted by Crippen LogP contribution is 2.31. The van der Waals surface area contributed by atoms with Gasteiger partial charge in [0.05, 0.1) is 30.5 Å². The van der Waals surface area contributed by atoms with E-state index in [1.165, 1.54) is 7.11 Å². The molecule has 0 spiro atoms. The van der Waals surface area contributed by atoms with Crippen LogP contribution in [0.2, 0.25) is 5.02 Å². The van der Waals surface area contributed by atoms with E-state index in [0.717, 1.165) is 5.56 Å². The summed E-state index contributed by atoms with van der Waals surface area (Å²) in [5.41, 5.74) is 1.80. The lowest BCUT2D eigenvalue weighted by atomic mass is 10.1. The molecule has 0 aliphatic carbocycles. The van der Waals surface area contributed by atoms with Crippen LogP contribution >= 0.6 is 27.5 Å². The van der Waals surface area contributed by atoms with Crippen LogP contribution in [0.4, 0.5) is 0 Å². The first-order valence-electron chi connectivity index (χ1n) is 5.65. The summed E-state index contributed by atoms with van der Waals surface area (Å²) >= 11 is 9.52. The third-order valence-corrected chi connectivity index (χ3v) is 3.58. The van der Waals surface area contributed by atoms with E-state index in [2.05, 4.69) is 25.7 Å². The van der Waals surface area contributed by atoms with Crippen molar-refractivity contribution in [2.75, 3.05) is 14.2 Å². The van der Waals surface area contributed by atoms with Gasteiger partial charge in [-0.05, 0) is 40.2 Å². The summed E-state index contributed by atoms with van der Waals surface area (Å²) in [4.78, 5) is 15.8. The van der Waals surface area contributed by atoms with Crippen molar-refractivity contribution in [3.05, 3.63) is 45.5 Å². The van der Waals surface area contributed by atoms with Crippen molar-refractivity contribution in [3.8, 4) is 17.0 Å². The molecule has 0 radical (unpaired) electrons. The number of benzene rings is 1. The number of ether oxygens (including phenoxy) is 2. The molecule has 0 bridgehead atoms. The number of nitrogens with zero attached hydrogens (tertiary/aromatic N) is 1. The maximum Gasteiger partial charge on any atom is 0.337 e. The lowest BCUT2D eigenvalue weighted by molar-refractivity contribution is 0.0601. The van der Waals surface area contributed by atoms with Crippen molar-refractivity contribution in [3.63, 3.8) is 0 Å². The number of hydrogen-bond acceptors (Lipinski definition) is 4. The van der Waals surface area contributed by atoms with Gasteiger partial charge in [-0.3, -0.25) is 0 Å². The maximum absolute atomic E-state index is 11.4. The summed E-state index contributed by atoms with van der Waals surface area (Å²) < 4.78 is 10.4. The Bertz CT molecular complexity index is 661. The summed E-state index contributed by atoms with van der Waals surface area (Å²) in [6, 6.07) is 8.52. The predicted octanol–water partition coefficient (Wildman–Crippen LogP) is 3.96. The number of carbonyl (C=O) groups excluding carboxylic acids is 1. The van der Waals surface area contributed by atoms with Gasteiger partial charge in [0.15, 0.2) is 5.75 Å². The van der Waals surface area contributed by atoms with E-state index >= 15 is 0 Å². The molecule has 0 fully saturated rings. The fourth-order valence-corrected chi connectivity index (χ4v) is 2.45. The van der Waals surface area contributed by atoms with Crippen LogP contribution in [0.25, 0.3) is 11.3 Å². The second kappa shape index (κ2) is 6.24. The number of esters is 1. The molecule has 0 saturated heterocycles. The van der Waals surface area contributed by atoms with Gasteiger partial charge in [-0.1, -0.05) is 17.7 Å². The Morgan fingerprint density at radius 2 is 2.00 bits per heavy atom. The molecule has 0 amide bonds. The van der Waals surface area contributed by atoms with Crippen molar-refractivity contribution in [2.24, 2.45) is 0 Å². The van der Waals surface area contributed by atoms with E-state index in [-0.39, 0.29) is 0 Å². The van der Waals surface area contributed by atoms with Crippen molar-refractivity contribution < 1.29 is 14.3 Å². The average molecular weight is 357 g/mol. The highest BCUT2D eigenvalue weighted by Gasteiger charge is 2.12. The number of halogens is 2. The van der Waals surface area contributed by atoms with Crippen LogP contribution in [0.5, 0.6) is 5.75 Å². The van der Waals surface area contributed by atoms with Gasteiger partial charge in [-0.2, -0.15) is 0 Å². The van der Waals surface area contributed by atoms with Gasteiger partial charge in [0.1, 0.15) is 4.60 Å². The quantitative estimate of drug-likeness (QED) is 0.617. The molecule has 2 rings (SSSR count). The molecule has 0 aliphatic heterocycles. The largest absolute Gasteiger partial charge is 0.494 e. The summed E-state index contributed by atoms with van der Waals surface area (Å²) in [5.74, 6) is 0.207. The molecule has 1 aromatic carbocycles. The van der Waals surface area contributed by atoms with E-state index in [9.17, 15) is 4.79 Å². The number of pyridine rings is 1. The van der Waals surface area contributed by atoms with Crippen molar-refractivity contribution in [1.82, 2.24) is 4.98 Å². The van der Waals surface area contributed by atoms with Crippen molar-refractivity contribution in [1.29, 1.82) is 0 Å². The summed E-state index contributed by atoms with van der Waals surface area (Å²) in [5, 5.41) is 0.428. The number of hydrogen-bond donors (Lipinski definition) is 0. The van der Waals surface area contributed by atoms with Crippen LogP contribution in [-0.2, 0) is 4.74 Å². The maximum atomic E-state index is 11.4. The standard InChI is InChI=1S/C14H11BrClNO3/c1-19-12-6-5-11(17-13(12)15)9-4-3-8(7-10(9)16)14(18)20-2/h3-7H,1-2H3. The Hall–Kier alpha value is -1.59. The van der Waals surface area contributed by atoms with Crippen LogP contribution in [0.15, 0.2) is 34.9 Å². The van der Waals surface area contributed by atoms with E-state index in [0.29, 0.717) is 26.6 Å². The molecular weight excluding hydrogens is 346 g/mol. The Kier molecular flexibility index (Phi) is 4.62. The van der Waals surface area contributed by atoms with Crippen LogP contribution < -0.4 is 4.74 Å². The van der Waals surface area contributed by atoms with Gasteiger partial charge in [0, 0.05) is 5.56 Å². The molecule has 0 aliphatic rings. The third kappa shape index (κ3) is 2.94. The van der Waals surface area contributed by atoms with Gasteiger partial charge in [-0.25, -0.2) is 9.78 Å². The Morgan fingerprint density at radius 1 is 1.25 bits per heavy atom. The van der Waals surface area contributed by atoms with E-state index in [1.54, 1.807) is 37.4 Å². The first-order chi connectivity index (χ1) is 9.56. The van der Waals surface area contributed by atoms with Crippen LogP contribution in [0.3, 0.4) is 0 Å². The minimum Gasteiger partial charge on any atom is -0.494 e. The van der Waals surface area contributed by atoms with Crippen molar-refractivity contribution in [2.45, 2.75) is 0 Å². The van der Waals surface area contributed by atoms with Crippen LogP contribution in [-0.4, -0.2) is 25.2 Å². The Balaban J connectivity index is 2.43.